The number of aromatic amines is 1. The Morgan fingerprint density at radius 3 is 2.27 bits per heavy atom. The van der Waals surface area contributed by atoms with Gasteiger partial charge in [-0.1, -0.05) is 12.1 Å². The average molecular weight is 565 g/mol. The summed E-state index contributed by atoms with van der Waals surface area (Å²) in [4.78, 5) is 36.5. The highest BCUT2D eigenvalue weighted by molar-refractivity contribution is 5.96. The van der Waals surface area contributed by atoms with E-state index in [-0.39, 0.29) is 34.0 Å². The number of H-pyrrole nitrogens is 1. The Hall–Kier alpha value is -5.00. The van der Waals surface area contributed by atoms with Crippen molar-refractivity contribution in [3.63, 3.8) is 0 Å². The molecule has 2 heterocycles. The lowest BCUT2D eigenvalue weighted by molar-refractivity contribution is -0.137. The molecule has 1 aromatic heterocycles. The Morgan fingerprint density at radius 2 is 1.61 bits per heavy atom. The standard InChI is InChI=1S/C29H27F3N6O3/c1-41-21-8-6-20(7-9-21)37-11-13-38(14-12-37)28(40)18-4-2-3-17(15-18)24(33)25(34)26-27(39)36-23-16-19(29(30,31)32)5-10-22(23)35-26/h2-10,15-16H,11-14,33-34H2,1H3,(H,36,39)/b25-24+. The number of methoxy groups -OCH3 is 1. The molecule has 1 aliphatic heterocycles. The lowest BCUT2D eigenvalue weighted by Gasteiger charge is -2.36. The molecule has 9 nitrogen and oxygen atoms in total. The van der Waals surface area contributed by atoms with Gasteiger partial charge >= 0.3 is 6.18 Å². The van der Waals surface area contributed by atoms with Crippen LogP contribution in [0.5, 0.6) is 5.75 Å². The number of benzene rings is 3. The van der Waals surface area contributed by atoms with E-state index in [1.54, 1.807) is 36.3 Å². The van der Waals surface area contributed by atoms with Gasteiger partial charge in [0.05, 0.1) is 35.1 Å². The van der Waals surface area contributed by atoms with Crippen LogP contribution in [-0.2, 0) is 6.18 Å². The van der Waals surface area contributed by atoms with Gasteiger partial charge in [0.2, 0.25) is 0 Å². The Kier molecular flexibility index (Phi) is 7.31. The number of ether oxygens (including phenoxy) is 1. The van der Waals surface area contributed by atoms with Gasteiger partial charge in [0, 0.05) is 43.0 Å². The van der Waals surface area contributed by atoms with Crippen LogP contribution in [0.15, 0.2) is 71.5 Å². The molecule has 1 amide bonds. The molecule has 3 aromatic carbocycles. The van der Waals surface area contributed by atoms with Gasteiger partial charge in [-0.3, -0.25) is 9.59 Å². The van der Waals surface area contributed by atoms with Crippen molar-refractivity contribution in [1.29, 1.82) is 0 Å². The van der Waals surface area contributed by atoms with Crippen LogP contribution in [-0.4, -0.2) is 54.1 Å². The number of rotatable bonds is 5. The van der Waals surface area contributed by atoms with Gasteiger partial charge in [0.1, 0.15) is 5.75 Å². The maximum absolute atomic E-state index is 13.3. The minimum Gasteiger partial charge on any atom is -0.497 e. The van der Waals surface area contributed by atoms with E-state index < -0.39 is 17.3 Å². The summed E-state index contributed by atoms with van der Waals surface area (Å²) in [6.45, 7) is 2.37. The third kappa shape index (κ3) is 5.67. The van der Waals surface area contributed by atoms with Crippen LogP contribution in [0.3, 0.4) is 0 Å². The summed E-state index contributed by atoms with van der Waals surface area (Å²) in [6.07, 6.45) is -4.57. The Bertz CT molecular complexity index is 1690. The second kappa shape index (κ2) is 10.9. The maximum Gasteiger partial charge on any atom is 0.416 e. The zero-order valence-corrected chi connectivity index (χ0v) is 22.0. The summed E-state index contributed by atoms with van der Waals surface area (Å²) < 4.78 is 44.4. The molecule has 212 valence electrons. The molecule has 41 heavy (non-hydrogen) atoms. The molecule has 0 saturated carbocycles. The van der Waals surface area contributed by atoms with Crippen LogP contribution >= 0.6 is 0 Å². The Labute approximate surface area is 232 Å². The molecule has 0 radical (unpaired) electrons. The fraction of sp³-hybridized carbons (Fsp3) is 0.207. The second-order valence-electron chi connectivity index (χ2n) is 9.53. The lowest BCUT2D eigenvalue weighted by atomic mass is 10.0. The number of amides is 1. The second-order valence-corrected chi connectivity index (χ2v) is 9.53. The van der Waals surface area contributed by atoms with E-state index in [4.69, 9.17) is 16.2 Å². The minimum atomic E-state index is -4.57. The number of hydrogen-bond acceptors (Lipinski definition) is 7. The summed E-state index contributed by atoms with van der Waals surface area (Å²) in [5.41, 5.74) is 12.3. The molecular weight excluding hydrogens is 537 g/mol. The van der Waals surface area contributed by atoms with Crippen LogP contribution in [0.4, 0.5) is 18.9 Å². The Morgan fingerprint density at radius 1 is 0.927 bits per heavy atom. The molecule has 4 aromatic rings. The summed E-state index contributed by atoms with van der Waals surface area (Å²) in [5, 5.41) is 0. The molecule has 1 saturated heterocycles. The normalized spacial score (nSPS) is 14.6. The van der Waals surface area contributed by atoms with E-state index in [2.05, 4.69) is 14.9 Å². The van der Waals surface area contributed by atoms with E-state index in [1.165, 1.54) is 0 Å². The van der Waals surface area contributed by atoms with Crippen LogP contribution in [0.25, 0.3) is 22.4 Å². The van der Waals surface area contributed by atoms with Gasteiger partial charge < -0.3 is 31.0 Å². The molecule has 0 aliphatic carbocycles. The van der Waals surface area contributed by atoms with Gasteiger partial charge in [-0.2, -0.15) is 13.2 Å². The van der Waals surface area contributed by atoms with Gasteiger partial charge in [-0.25, -0.2) is 4.98 Å². The van der Waals surface area contributed by atoms with Crippen molar-refractivity contribution >= 4 is 34.0 Å². The topological polar surface area (TPSA) is 131 Å². The first-order valence-corrected chi connectivity index (χ1v) is 12.7. The molecule has 0 spiro atoms. The quantitative estimate of drug-likeness (QED) is 0.337. The van der Waals surface area contributed by atoms with Crippen molar-refractivity contribution < 1.29 is 22.7 Å². The minimum absolute atomic E-state index is 0.00763. The third-order valence-corrected chi connectivity index (χ3v) is 6.99. The highest BCUT2D eigenvalue weighted by Gasteiger charge is 2.31. The largest absolute Gasteiger partial charge is 0.497 e. The number of carbonyl (C=O) groups excluding carboxylic acids is 1. The van der Waals surface area contributed by atoms with Gasteiger partial charge in [0.15, 0.2) is 5.69 Å². The molecule has 5 rings (SSSR count). The average Bonchev–Trinajstić information content (AvgIpc) is 2.99. The summed E-state index contributed by atoms with van der Waals surface area (Å²) in [6, 6.07) is 17.1. The number of nitrogens with two attached hydrogens (primary N) is 2. The highest BCUT2D eigenvalue weighted by Crippen LogP contribution is 2.30. The SMILES string of the molecule is COc1ccc(N2CCN(C(=O)c3cccc(/C(N)=C(\N)c4nc5ccc(C(F)(F)F)cc5[nH]c4=O)c3)CC2)cc1. The first-order chi connectivity index (χ1) is 19.5. The fourth-order valence-electron chi connectivity index (χ4n) is 4.69. The molecular formula is C29H27F3N6O3. The molecule has 0 unspecified atom stereocenters. The number of halogens is 3. The zero-order valence-electron chi connectivity index (χ0n) is 22.0. The van der Waals surface area contributed by atoms with E-state index in [0.717, 1.165) is 29.6 Å². The van der Waals surface area contributed by atoms with E-state index in [9.17, 15) is 22.8 Å². The zero-order chi connectivity index (χ0) is 29.3. The van der Waals surface area contributed by atoms with Crippen LogP contribution in [0.1, 0.15) is 27.2 Å². The number of alkyl halides is 3. The highest BCUT2D eigenvalue weighted by atomic mass is 19.4. The Balaban J connectivity index is 1.34. The summed E-state index contributed by atoms with van der Waals surface area (Å²) in [5.74, 6) is 0.603. The third-order valence-electron chi connectivity index (χ3n) is 6.99. The number of hydrogen-bond donors (Lipinski definition) is 3. The molecule has 1 aliphatic rings. The van der Waals surface area contributed by atoms with Crippen LogP contribution in [0, 0.1) is 0 Å². The number of fused-ring (bicyclic) bond motifs is 1. The van der Waals surface area contributed by atoms with Crippen molar-refractivity contribution in [3.05, 3.63) is 99.5 Å². The smallest absolute Gasteiger partial charge is 0.416 e. The number of nitrogens with zero attached hydrogens (tertiary/aromatic N) is 3. The van der Waals surface area contributed by atoms with Gasteiger partial charge in [-0.15, -0.1) is 0 Å². The van der Waals surface area contributed by atoms with E-state index in [0.29, 0.717) is 37.3 Å². The number of carbonyl (C=O) groups is 1. The molecule has 12 heteroatoms. The van der Waals surface area contributed by atoms with Crippen molar-refractivity contribution in [2.24, 2.45) is 11.5 Å². The van der Waals surface area contributed by atoms with Crippen molar-refractivity contribution in [2.75, 3.05) is 38.2 Å². The van der Waals surface area contributed by atoms with Crippen LogP contribution < -0.4 is 26.7 Å². The molecule has 0 atom stereocenters. The first-order valence-electron chi connectivity index (χ1n) is 12.7. The number of nitrogens with one attached hydrogen (secondary N) is 1. The van der Waals surface area contributed by atoms with Crippen molar-refractivity contribution in [2.45, 2.75) is 6.18 Å². The molecule has 0 bridgehead atoms. The number of aromatic nitrogens is 2. The van der Waals surface area contributed by atoms with Crippen LogP contribution in [0.2, 0.25) is 0 Å². The fourth-order valence-corrected chi connectivity index (χ4v) is 4.69. The molecule has 1 fully saturated rings. The van der Waals surface area contributed by atoms with Crippen molar-refractivity contribution in [1.82, 2.24) is 14.9 Å². The predicted molar refractivity (Wildman–Crippen MR) is 150 cm³/mol. The van der Waals surface area contributed by atoms with Crippen molar-refractivity contribution in [3.8, 4) is 5.75 Å². The number of anilines is 1. The summed E-state index contributed by atoms with van der Waals surface area (Å²) >= 11 is 0. The van der Waals surface area contributed by atoms with Gasteiger partial charge in [0.25, 0.3) is 11.5 Å². The first kappa shape index (κ1) is 27.6. The maximum atomic E-state index is 13.3. The van der Waals surface area contributed by atoms with E-state index in [1.807, 2.05) is 24.3 Å². The monoisotopic (exact) mass is 564 g/mol. The number of piperazine rings is 1. The lowest BCUT2D eigenvalue weighted by Crippen LogP contribution is -2.48. The molecule has 5 N–H and O–H groups in total. The summed E-state index contributed by atoms with van der Waals surface area (Å²) in [7, 11) is 1.62. The predicted octanol–water partition coefficient (Wildman–Crippen LogP) is 3.66. The van der Waals surface area contributed by atoms with E-state index >= 15 is 0 Å². The van der Waals surface area contributed by atoms with Gasteiger partial charge in [-0.05, 0) is 54.6 Å².